The molecule has 394 valence electrons. The topological polar surface area (TPSA) is 290 Å². The molecule has 0 radical (unpaired) electrons. The van der Waals surface area contributed by atoms with Crippen molar-refractivity contribution in [3.05, 3.63) is 145 Å². The SMILES string of the molecule is O=S(=O)(O)CCC[n+]1ccc(-c2c3nc(c(-c4cc[n+](CCCS(=O)(=O)O)cc4)c4ccc([nH]4)c(-c4cc[n+](CCCS(=O)(=O)O)cc4)c4nc(c(-c5cc[n+](CCCS(=O)(=O)O)cc5)c5ccc2[nH]5)C=C4)C=C3)cc1. The molecule has 0 saturated heterocycles. The van der Waals surface area contributed by atoms with E-state index in [1.54, 1.807) is 0 Å². The molecule has 0 fully saturated rings. The second-order valence-electron chi connectivity index (χ2n) is 18.4. The van der Waals surface area contributed by atoms with Crippen LogP contribution >= 0.6 is 0 Å². The lowest BCUT2D eigenvalue weighted by Crippen LogP contribution is -2.33. The van der Waals surface area contributed by atoms with Gasteiger partial charge in [-0.15, -0.1) is 0 Å². The lowest BCUT2D eigenvalue weighted by Gasteiger charge is -2.07. The van der Waals surface area contributed by atoms with Crippen molar-refractivity contribution in [1.29, 1.82) is 0 Å². The number of hydrogen-bond acceptors (Lipinski definition) is 10. The summed E-state index contributed by atoms with van der Waals surface area (Å²) in [6, 6.07) is 23.1. The summed E-state index contributed by atoms with van der Waals surface area (Å²) in [5, 5.41) is 0. The van der Waals surface area contributed by atoms with Gasteiger partial charge in [0.25, 0.3) is 40.5 Å². The smallest absolute Gasteiger partial charge is 0.265 e. The highest BCUT2D eigenvalue weighted by Crippen LogP contribution is 2.38. The van der Waals surface area contributed by atoms with Crippen LogP contribution in [0.1, 0.15) is 48.5 Å². The van der Waals surface area contributed by atoms with E-state index in [-0.39, 0.29) is 48.7 Å². The molecule has 2 aliphatic heterocycles. The van der Waals surface area contributed by atoms with Gasteiger partial charge in [-0.2, -0.15) is 33.7 Å². The Morgan fingerprint density at radius 2 is 0.526 bits per heavy atom. The average Bonchev–Trinajstić information content (AvgIpc) is 4.21. The maximum Gasteiger partial charge on any atom is 0.265 e. The zero-order valence-electron chi connectivity index (χ0n) is 40.7. The molecule has 0 aliphatic carbocycles. The summed E-state index contributed by atoms with van der Waals surface area (Å²) in [7, 11) is -16.5. The van der Waals surface area contributed by atoms with Crippen molar-refractivity contribution in [2.24, 2.45) is 0 Å². The van der Waals surface area contributed by atoms with Gasteiger partial charge in [0.15, 0.2) is 49.6 Å². The van der Waals surface area contributed by atoms with E-state index in [1.807, 2.05) is 165 Å². The number of fused-ring (bicyclic) bond motifs is 8. The van der Waals surface area contributed by atoms with E-state index in [2.05, 4.69) is 9.97 Å². The summed E-state index contributed by atoms with van der Waals surface area (Å²) in [4.78, 5) is 18.0. The van der Waals surface area contributed by atoms with Gasteiger partial charge in [-0.05, 0) is 70.8 Å². The second-order valence-corrected chi connectivity index (χ2v) is 24.6. The van der Waals surface area contributed by atoms with Crippen molar-refractivity contribution in [2.75, 3.05) is 23.0 Å². The number of hydrogen-bond donors (Lipinski definition) is 6. The average molecular weight is 1110 g/mol. The largest absolute Gasteiger partial charge is 0.354 e. The molecule has 0 saturated carbocycles. The molecule has 0 amide bonds. The summed E-state index contributed by atoms with van der Waals surface area (Å²) < 4.78 is 136. The number of H-pyrrole nitrogens is 2. The summed E-state index contributed by atoms with van der Waals surface area (Å²) in [5.74, 6) is -1.54. The Morgan fingerprint density at radius 1 is 0.329 bits per heavy atom. The molecular formula is C52H54N8O12S4+4. The van der Waals surface area contributed by atoms with Gasteiger partial charge in [0, 0.05) is 119 Å². The van der Waals surface area contributed by atoms with Crippen LogP contribution in [0.2, 0.25) is 0 Å². The van der Waals surface area contributed by atoms with E-state index < -0.39 is 40.5 Å². The highest BCUT2D eigenvalue weighted by atomic mass is 32.2. The Hall–Kier alpha value is -7.16. The zero-order valence-corrected chi connectivity index (χ0v) is 44.0. The highest BCUT2D eigenvalue weighted by Gasteiger charge is 2.22. The summed E-state index contributed by atoms with van der Waals surface area (Å²) in [5.41, 5.74) is 11.3. The number of rotatable bonds is 20. The van der Waals surface area contributed by atoms with Crippen molar-refractivity contribution in [1.82, 2.24) is 19.9 Å². The van der Waals surface area contributed by atoms with Gasteiger partial charge in [-0.1, -0.05) is 0 Å². The minimum absolute atomic E-state index is 0.197. The van der Waals surface area contributed by atoms with Gasteiger partial charge in [0.1, 0.15) is 26.2 Å². The molecule has 0 aromatic carbocycles. The first-order valence-electron chi connectivity index (χ1n) is 24.1. The minimum atomic E-state index is -4.14. The lowest BCUT2D eigenvalue weighted by atomic mass is 10.0. The maximum atomic E-state index is 11.5. The van der Waals surface area contributed by atoms with Crippen LogP contribution in [0.15, 0.2) is 122 Å². The van der Waals surface area contributed by atoms with Crippen LogP contribution in [-0.2, 0) is 66.7 Å². The molecule has 7 aromatic rings. The zero-order chi connectivity index (χ0) is 53.8. The van der Waals surface area contributed by atoms with E-state index in [9.17, 15) is 51.9 Å². The highest BCUT2D eigenvalue weighted by molar-refractivity contribution is 7.86. The number of pyridine rings is 4. The fourth-order valence-corrected chi connectivity index (χ4v) is 11.2. The molecule has 0 spiro atoms. The predicted octanol–water partition coefficient (Wildman–Crippen LogP) is 5.59. The quantitative estimate of drug-likeness (QED) is 0.0401. The van der Waals surface area contributed by atoms with Gasteiger partial charge in [0.05, 0.1) is 45.8 Å². The van der Waals surface area contributed by atoms with E-state index >= 15 is 0 Å². The molecule has 6 N–H and O–H groups in total. The molecule has 24 heteroatoms. The molecule has 8 bridgehead atoms. The van der Waals surface area contributed by atoms with Gasteiger partial charge in [0.2, 0.25) is 0 Å². The second kappa shape index (κ2) is 22.2. The number of nitrogens with zero attached hydrogens (tertiary/aromatic N) is 6. The monoisotopic (exact) mass is 1110 g/mol. The molecular weight excluding hydrogens is 1060 g/mol. The van der Waals surface area contributed by atoms with E-state index in [0.717, 1.165) is 44.5 Å². The molecule has 76 heavy (non-hydrogen) atoms. The number of aromatic nitrogens is 8. The van der Waals surface area contributed by atoms with Gasteiger partial charge >= 0.3 is 0 Å². The molecule has 2 aliphatic rings. The summed E-state index contributed by atoms with van der Waals surface area (Å²) in [6.45, 7) is 1.34. The summed E-state index contributed by atoms with van der Waals surface area (Å²) >= 11 is 0. The van der Waals surface area contributed by atoms with Gasteiger partial charge in [-0.25, -0.2) is 28.2 Å². The number of aromatic amines is 2. The number of aryl methyl sites for hydroxylation is 4. The van der Waals surface area contributed by atoms with Gasteiger partial charge in [-0.3, -0.25) is 18.2 Å². The summed E-state index contributed by atoms with van der Waals surface area (Å²) in [6.07, 6.45) is 23.2. The third kappa shape index (κ3) is 13.8. The Labute approximate surface area is 439 Å². The van der Waals surface area contributed by atoms with E-state index in [0.29, 0.717) is 71.0 Å². The van der Waals surface area contributed by atoms with Crippen molar-refractivity contribution in [3.63, 3.8) is 0 Å². The third-order valence-corrected chi connectivity index (χ3v) is 16.0. The van der Waals surface area contributed by atoms with Crippen LogP contribution in [0.25, 0.3) is 90.9 Å². The minimum Gasteiger partial charge on any atom is -0.354 e. The first kappa shape index (κ1) is 53.7. The molecule has 9 heterocycles. The molecule has 9 rings (SSSR count). The van der Waals surface area contributed by atoms with E-state index in [1.165, 1.54) is 0 Å². The van der Waals surface area contributed by atoms with Crippen LogP contribution in [0.5, 0.6) is 0 Å². The first-order chi connectivity index (χ1) is 36.1. The predicted molar refractivity (Wildman–Crippen MR) is 286 cm³/mol. The van der Waals surface area contributed by atoms with Crippen LogP contribution in [0, 0.1) is 0 Å². The Kier molecular flexibility index (Phi) is 15.7. The first-order valence-corrected chi connectivity index (χ1v) is 30.5. The van der Waals surface area contributed by atoms with Crippen LogP contribution in [-0.4, -0.2) is 94.8 Å². The molecule has 20 nitrogen and oxygen atoms in total. The maximum absolute atomic E-state index is 11.5. The Bertz CT molecular complexity index is 3520. The van der Waals surface area contributed by atoms with Crippen molar-refractivity contribution < 1.29 is 70.2 Å². The molecule has 0 atom stereocenters. The van der Waals surface area contributed by atoms with E-state index in [4.69, 9.17) is 9.97 Å². The fraction of sp³-hybridized carbons (Fsp3) is 0.231. The lowest BCUT2D eigenvalue weighted by molar-refractivity contribution is -0.696. The van der Waals surface area contributed by atoms with Crippen LogP contribution in [0.4, 0.5) is 0 Å². The van der Waals surface area contributed by atoms with Crippen LogP contribution < -0.4 is 18.3 Å². The van der Waals surface area contributed by atoms with Crippen LogP contribution in [0.3, 0.4) is 0 Å². The molecule has 0 unspecified atom stereocenters. The standard InChI is InChI=1S/C52H50N8O12S4/c61-73(62,63)33-1-21-57-25-13-37(14-26-57)49-41-5-7-43(53-41)50(38-15-27-58(28-16-38)22-2-34-74(64,65)66)45-9-11-47(55-45)52(40-19-31-60(32-20-40)24-4-36-76(70,71)72)48-12-10-46(56-48)51(44-8-6-42(49)54-44)39-17-29-59(30-18-39)23-3-35-75(67,68)69/h5-20,25-32H,1-4,21-24,33-36H2,(H2-3,53,54,55,56,61,62,63,64,65,66,67,68,69,70,71,72)/p+4. The third-order valence-electron chi connectivity index (χ3n) is 12.7. The fourth-order valence-electron chi connectivity index (χ4n) is 9.23. The number of nitrogens with one attached hydrogen (secondary N) is 2. The normalized spacial score (nSPS) is 12.9. The van der Waals surface area contributed by atoms with Gasteiger partial charge < -0.3 is 9.97 Å². The van der Waals surface area contributed by atoms with Crippen molar-refractivity contribution in [3.8, 4) is 44.5 Å². The van der Waals surface area contributed by atoms with Crippen molar-refractivity contribution in [2.45, 2.75) is 51.9 Å². The van der Waals surface area contributed by atoms with Crippen molar-refractivity contribution >= 4 is 86.8 Å². The Morgan fingerprint density at radius 3 is 0.711 bits per heavy atom. The molecule has 7 aromatic heterocycles. The Balaban J connectivity index is 1.28.